The van der Waals surface area contributed by atoms with E-state index < -0.39 is 0 Å². The Morgan fingerprint density at radius 2 is 2.00 bits per heavy atom. The predicted molar refractivity (Wildman–Crippen MR) is 36.7 cm³/mol. The van der Waals surface area contributed by atoms with Crippen LogP contribution in [0.5, 0.6) is 0 Å². The molecule has 0 aromatic carbocycles. The Labute approximate surface area is 60.9 Å². The molecule has 0 saturated carbocycles. The zero-order chi connectivity index (χ0) is 7.03. The maximum Gasteiger partial charge on any atom is 0.182 e. The average Bonchev–Trinajstić information content (AvgIpc) is 2.46. The van der Waals surface area contributed by atoms with Gasteiger partial charge in [0.2, 0.25) is 0 Å². The molecule has 0 aromatic heterocycles. The summed E-state index contributed by atoms with van der Waals surface area (Å²) in [4.78, 5) is 2.24. The lowest BCUT2D eigenvalue weighted by Crippen LogP contribution is -2.32. The molecule has 0 N–H and O–H groups in total. The molecular formula is C7H13NO2. The zero-order valence-electron chi connectivity index (χ0n) is 6.30. The Hall–Kier alpha value is -0.120. The van der Waals surface area contributed by atoms with Gasteiger partial charge in [-0.15, -0.1) is 0 Å². The van der Waals surface area contributed by atoms with E-state index in [1.807, 2.05) is 0 Å². The Morgan fingerprint density at radius 1 is 1.30 bits per heavy atom. The molecule has 3 nitrogen and oxygen atoms in total. The van der Waals surface area contributed by atoms with Crippen molar-refractivity contribution in [2.24, 2.45) is 0 Å². The summed E-state index contributed by atoms with van der Waals surface area (Å²) in [6, 6.07) is 0. The van der Waals surface area contributed by atoms with E-state index in [4.69, 9.17) is 9.47 Å². The van der Waals surface area contributed by atoms with Crippen LogP contribution in [0.2, 0.25) is 0 Å². The fourth-order valence-electron chi connectivity index (χ4n) is 1.66. The predicted octanol–water partition coefficient (Wildman–Crippen LogP) is 0.0650. The molecule has 0 radical (unpaired) electrons. The Morgan fingerprint density at radius 3 is 2.50 bits per heavy atom. The molecule has 0 unspecified atom stereocenters. The van der Waals surface area contributed by atoms with E-state index in [-0.39, 0.29) is 5.79 Å². The van der Waals surface area contributed by atoms with Crippen molar-refractivity contribution in [1.82, 2.24) is 4.90 Å². The standard InChI is InChI=1S/C7H13NO2/c1-8-3-2-7(6-8)9-4-5-10-7/h2-6H2,1H3. The summed E-state index contributed by atoms with van der Waals surface area (Å²) >= 11 is 0. The quantitative estimate of drug-likeness (QED) is 0.479. The van der Waals surface area contributed by atoms with Crippen LogP contribution in [0.25, 0.3) is 0 Å². The van der Waals surface area contributed by atoms with E-state index >= 15 is 0 Å². The summed E-state index contributed by atoms with van der Waals surface area (Å²) in [6.45, 7) is 3.58. The molecule has 0 aliphatic carbocycles. The number of rotatable bonds is 0. The van der Waals surface area contributed by atoms with Gasteiger partial charge in [0.15, 0.2) is 5.79 Å². The summed E-state index contributed by atoms with van der Waals surface area (Å²) in [5, 5.41) is 0. The van der Waals surface area contributed by atoms with Crippen molar-refractivity contribution in [2.75, 3.05) is 33.4 Å². The molecule has 1 spiro atoms. The van der Waals surface area contributed by atoms with E-state index in [1.165, 1.54) is 0 Å². The summed E-state index contributed by atoms with van der Waals surface area (Å²) in [7, 11) is 2.10. The number of likely N-dealkylation sites (N-methyl/N-ethyl adjacent to an activating group) is 1. The van der Waals surface area contributed by atoms with Crippen LogP contribution in [0.15, 0.2) is 0 Å². The van der Waals surface area contributed by atoms with Crippen molar-refractivity contribution in [2.45, 2.75) is 12.2 Å². The van der Waals surface area contributed by atoms with Crippen molar-refractivity contribution in [1.29, 1.82) is 0 Å². The highest BCUT2D eigenvalue weighted by Gasteiger charge is 2.41. The van der Waals surface area contributed by atoms with Crippen LogP contribution < -0.4 is 0 Å². The molecule has 2 heterocycles. The topological polar surface area (TPSA) is 21.7 Å². The van der Waals surface area contributed by atoms with Gasteiger partial charge < -0.3 is 14.4 Å². The Kier molecular flexibility index (Phi) is 1.44. The molecule has 0 bridgehead atoms. The SMILES string of the molecule is CN1CCC2(C1)OCCO2. The van der Waals surface area contributed by atoms with Crippen molar-refractivity contribution >= 4 is 0 Å². The second-order valence-corrected chi connectivity index (χ2v) is 3.10. The molecule has 2 rings (SSSR count). The average molecular weight is 143 g/mol. The second-order valence-electron chi connectivity index (χ2n) is 3.10. The lowest BCUT2D eigenvalue weighted by molar-refractivity contribution is -0.144. The Balaban J connectivity index is 2.03. The minimum absolute atomic E-state index is 0.214. The molecule has 2 aliphatic rings. The van der Waals surface area contributed by atoms with Gasteiger partial charge in [0.1, 0.15) is 0 Å². The van der Waals surface area contributed by atoms with Crippen molar-refractivity contribution in [3.63, 3.8) is 0 Å². The highest BCUT2D eigenvalue weighted by atomic mass is 16.7. The molecule has 0 aromatic rings. The largest absolute Gasteiger partial charge is 0.346 e. The highest BCUT2D eigenvalue weighted by Crippen LogP contribution is 2.29. The van der Waals surface area contributed by atoms with E-state index in [1.54, 1.807) is 0 Å². The third-order valence-electron chi connectivity index (χ3n) is 2.20. The molecule has 2 fully saturated rings. The number of likely N-dealkylation sites (tertiary alicyclic amines) is 1. The van der Waals surface area contributed by atoms with Gasteiger partial charge in [0, 0.05) is 13.0 Å². The summed E-state index contributed by atoms with van der Waals surface area (Å²) in [5.41, 5.74) is 0. The third-order valence-corrected chi connectivity index (χ3v) is 2.20. The summed E-state index contributed by atoms with van der Waals surface area (Å²) < 4.78 is 11.0. The fourth-order valence-corrected chi connectivity index (χ4v) is 1.66. The van der Waals surface area contributed by atoms with Crippen LogP contribution >= 0.6 is 0 Å². The number of ether oxygens (including phenoxy) is 2. The van der Waals surface area contributed by atoms with Gasteiger partial charge in [-0.2, -0.15) is 0 Å². The van der Waals surface area contributed by atoms with Crippen LogP contribution in [-0.2, 0) is 9.47 Å². The van der Waals surface area contributed by atoms with Crippen LogP contribution in [-0.4, -0.2) is 44.0 Å². The van der Waals surface area contributed by atoms with Gasteiger partial charge in [0.25, 0.3) is 0 Å². The van der Waals surface area contributed by atoms with Crippen LogP contribution in [0, 0.1) is 0 Å². The molecule has 2 aliphatic heterocycles. The van der Waals surface area contributed by atoms with Crippen LogP contribution in [0.4, 0.5) is 0 Å². The first kappa shape index (κ1) is 6.58. The third kappa shape index (κ3) is 0.944. The normalized spacial score (nSPS) is 32.1. The van der Waals surface area contributed by atoms with Gasteiger partial charge >= 0.3 is 0 Å². The first-order chi connectivity index (χ1) is 4.81. The maximum absolute atomic E-state index is 5.51. The molecular weight excluding hydrogens is 130 g/mol. The maximum atomic E-state index is 5.51. The minimum Gasteiger partial charge on any atom is -0.346 e. The fraction of sp³-hybridized carbons (Fsp3) is 1.00. The van der Waals surface area contributed by atoms with Gasteiger partial charge in [-0.3, -0.25) is 0 Å². The smallest absolute Gasteiger partial charge is 0.182 e. The summed E-state index contributed by atoms with van der Waals surface area (Å²) in [6.07, 6.45) is 1.03. The molecule has 2 saturated heterocycles. The number of hydrogen-bond donors (Lipinski definition) is 0. The van der Waals surface area contributed by atoms with E-state index in [9.17, 15) is 0 Å². The van der Waals surface area contributed by atoms with E-state index in [2.05, 4.69) is 11.9 Å². The van der Waals surface area contributed by atoms with Gasteiger partial charge in [-0.1, -0.05) is 0 Å². The van der Waals surface area contributed by atoms with E-state index in [0.29, 0.717) is 0 Å². The van der Waals surface area contributed by atoms with Gasteiger partial charge in [0.05, 0.1) is 19.8 Å². The Bertz CT molecular complexity index is 132. The molecule has 3 heteroatoms. The summed E-state index contributed by atoms with van der Waals surface area (Å²) in [5.74, 6) is -0.214. The molecule has 10 heavy (non-hydrogen) atoms. The van der Waals surface area contributed by atoms with Gasteiger partial charge in [-0.05, 0) is 7.05 Å². The molecule has 0 amide bonds. The lowest BCUT2D eigenvalue weighted by Gasteiger charge is -2.20. The second kappa shape index (κ2) is 2.19. The zero-order valence-corrected chi connectivity index (χ0v) is 6.30. The highest BCUT2D eigenvalue weighted by molar-refractivity contribution is 4.84. The van der Waals surface area contributed by atoms with Gasteiger partial charge in [-0.25, -0.2) is 0 Å². The first-order valence-electron chi connectivity index (χ1n) is 3.77. The van der Waals surface area contributed by atoms with Crippen molar-refractivity contribution in [3.8, 4) is 0 Å². The van der Waals surface area contributed by atoms with E-state index in [0.717, 1.165) is 32.7 Å². The van der Waals surface area contributed by atoms with Crippen molar-refractivity contribution < 1.29 is 9.47 Å². The van der Waals surface area contributed by atoms with Crippen LogP contribution in [0.3, 0.4) is 0 Å². The van der Waals surface area contributed by atoms with Crippen LogP contribution in [0.1, 0.15) is 6.42 Å². The molecule has 58 valence electrons. The number of nitrogens with zero attached hydrogens (tertiary/aromatic N) is 1. The van der Waals surface area contributed by atoms with Crippen molar-refractivity contribution in [3.05, 3.63) is 0 Å². The lowest BCUT2D eigenvalue weighted by atomic mass is 10.2. The minimum atomic E-state index is -0.214. The first-order valence-corrected chi connectivity index (χ1v) is 3.77. The monoisotopic (exact) mass is 143 g/mol. The molecule has 0 atom stereocenters. The number of hydrogen-bond acceptors (Lipinski definition) is 3.